The van der Waals surface area contributed by atoms with Gasteiger partial charge in [0.15, 0.2) is 0 Å². The van der Waals surface area contributed by atoms with Gasteiger partial charge in [0.2, 0.25) is 11.9 Å². The van der Waals surface area contributed by atoms with Crippen molar-refractivity contribution in [2.75, 3.05) is 5.32 Å². The monoisotopic (exact) mass is 480 g/mol. The maximum Gasteiger partial charge on any atom is 0.270 e. The highest BCUT2D eigenvalue weighted by Crippen LogP contribution is 2.50. The highest BCUT2D eigenvalue weighted by molar-refractivity contribution is 6.00. The Balaban J connectivity index is 1.38. The van der Waals surface area contributed by atoms with Crippen LogP contribution in [0.5, 0.6) is 0 Å². The van der Waals surface area contributed by atoms with Crippen LogP contribution in [0.25, 0.3) is 11.3 Å². The molecule has 2 N–H and O–H groups in total. The summed E-state index contributed by atoms with van der Waals surface area (Å²) in [4.78, 5) is 30.5. The second-order valence-electron chi connectivity index (χ2n) is 9.41. The fourth-order valence-corrected chi connectivity index (χ4v) is 4.93. The van der Waals surface area contributed by atoms with Gasteiger partial charge < -0.3 is 10.6 Å². The topological polar surface area (TPSA) is 120 Å². The van der Waals surface area contributed by atoms with E-state index in [1.165, 1.54) is 4.68 Å². The molecule has 2 saturated carbocycles. The van der Waals surface area contributed by atoms with Crippen molar-refractivity contribution in [2.45, 2.75) is 52.1 Å². The van der Waals surface area contributed by atoms with Gasteiger partial charge in [0.25, 0.3) is 5.91 Å². The molecule has 10 nitrogen and oxygen atoms in total. The third-order valence-electron chi connectivity index (χ3n) is 6.89. The van der Waals surface area contributed by atoms with E-state index in [0.29, 0.717) is 35.5 Å². The molecule has 0 saturated heterocycles. The molecule has 0 aliphatic heterocycles. The van der Waals surface area contributed by atoms with E-state index in [2.05, 4.69) is 31.0 Å². The lowest BCUT2D eigenvalue weighted by atomic mass is 9.88. The van der Waals surface area contributed by atoms with Crippen molar-refractivity contribution in [3.05, 3.63) is 41.7 Å². The number of pyridine rings is 1. The maximum atomic E-state index is 14.9. The second kappa shape index (κ2) is 9.20. The van der Waals surface area contributed by atoms with Gasteiger partial charge in [-0.2, -0.15) is 9.49 Å². The highest BCUT2D eigenvalue weighted by Gasteiger charge is 2.48. The first-order chi connectivity index (χ1) is 16.9. The van der Waals surface area contributed by atoms with Crippen molar-refractivity contribution in [2.24, 2.45) is 24.8 Å². The Morgan fingerprint density at radius 3 is 2.46 bits per heavy atom. The molecule has 2 amide bonds. The summed E-state index contributed by atoms with van der Waals surface area (Å²) < 4.78 is 18.0. The number of aromatic nitrogens is 6. The Bertz CT molecular complexity index is 1230. The molecule has 2 fully saturated rings. The van der Waals surface area contributed by atoms with Gasteiger partial charge >= 0.3 is 0 Å². The molecule has 3 aromatic heterocycles. The first-order valence-corrected chi connectivity index (χ1v) is 12.0. The number of hydrogen-bond acceptors (Lipinski definition) is 6. The van der Waals surface area contributed by atoms with Crippen LogP contribution in [-0.4, -0.2) is 47.6 Å². The number of carbonyl (C=O) groups excluding carboxylic acids is 2. The SMILES string of the molecule is CCn1nccc1C(=O)N[C@H](C(=O)Nc1ccc(-c2c(C)nnn2C)c(F)n1)C(C1CC1)C1CC1. The number of nitrogens with one attached hydrogen (secondary N) is 2. The zero-order valence-electron chi connectivity index (χ0n) is 20.0. The molecule has 0 unspecified atom stereocenters. The molecule has 0 radical (unpaired) electrons. The summed E-state index contributed by atoms with van der Waals surface area (Å²) in [5.41, 5.74) is 1.76. The van der Waals surface area contributed by atoms with Crippen molar-refractivity contribution in [3.63, 3.8) is 0 Å². The van der Waals surface area contributed by atoms with Crippen LogP contribution in [0.15, 0.2) is 24.4 Å². The lowest BCUT2D eigenvalue weighted by Crippen LogP contribution is -2.50. The van der Waals surface area contributed by atoms with Gasteiger partial charge in [0.1, 0.15) is 17.6 Å². The summed E-state index contributed by atoms with van der Waals surface area (Å²) in [5.74, 6) is -0.516. The number of carbonyl (C=O) groups is 2. The molecule has 5 rings (SSSR count). The average molecular weight is 481 g/mol. The zero-order chi connectivity index (χ0) is 24.7. The number of hydrogen-bond donors (Lipinski definition) is 2. The van der Waals surface area contributed by atoms with Crippen molar-refractivity contribution in [1.29, 1.82) is 0 Å². The third-order valence-corrected chi connectivity index (χ3v) is 6.89. The van der Waals surface area contributed by atoms with E-state index in [1.807, 2.05) is 6.92 Å². The van der Waals surface area contributed by atoms with Crippen LogP contribution >= 0.6 is 0 Å². The molecule has 3 aromatic rings. The van der Waals surface area contributed by atoms with Crippen LogP contribution < -0.4 is 10.6 Å². The van der Waals surface area contributed by atoms with Gasteiger partial charge in [-0.15, -0.1) is 5.10 Å². The van der Waals surface area contributed by atoms with Crippen molar-refractivity contribution in [1.82, 2.24) is 35.1 Å². The Labute approximate surface area is 202 Å². The summed E-state index contributed by atoms with van der Waals surface area (Å²) in [6.45, 7) is 4.19. The first-order valence-electron chi connectivity index (χ1n) is 12.0. The van der Waals surface area contributed by atoms with E-state index in [9.17, 15) is 14.0 Å². The molecular formula is C24H29FN8O2. The van der Waals surface area contributed by atoms with Crippen LogP contribution in [0, 0.1) is 30.6 Å². The lowest BCUT2D eigenvalue weighted by Gasteiger charge is -2.27. The van der Waals surface area contributed by atoms with Crippen molar-refractivity contribution in [3.8, 4) is 11.3 Å². The number of nitrogens with zero attached hydrogens (tertiary/aromatic N) is 6. The Morgan fingerprint density at radius 2 is 1.89 bits per heavy atom. The van der Waals surface area contributed by atoms with E-state index in [4.69, 9.17) is 0 Å². The summed E-state index contributed by atoms with van der Waals surface area (Å²) >= 11 is 0. The number of amides is 2. The molecule has 3 heterocycles. The molecule has 1 atom stereocenters. The summed E-state index contributed by atoms with van der Waals surface area (Å²) in [6.07, 6.45) is 5.77. The fraction of sp³-hybridized carbons (Fsp3) is 0.500. The van der Waals surface area contributed by atoms with Crippen molar-refractivity contribution < 1.29 is 14.0 Å². The van der Waals surface area contributed by atoms with Gasteiger partial charge in [-0.25, -0.2) is 9.67 Å². The van der Waals surface area contributed by atoms with E-state index in [1.54, 1.807) is 43.0 Å². The van der Waals surface area contributed by atoms with Crippen LogP contribution in [0.2, 0.25) is 0 Å². The first kappa shape index (κ1) is 23.1. The lowest BCUT2D eigenvalue weighted by molar-refractivity contribution is -0.119. The van der Waals surface area contributed by atoms with Gasteiger partial charge in [0, 0.05) is 19.8 Å². The molecule has 0 bridgehead atoms. The number of anilines is 1. The molecule has 35 heavy (non-hydrogen) atoms. The van der Waals surface area contributed by atoms with E-state index in [0.717, 1.165) is 25.7 Å². The summed E-state index contributed by atoms with van der Waals surface area (Å²) in [6, 6.07) is 4.01. The predicted molar refractivity (Wildman–Crippen MR) is 126 cm³/mol. The average Bonchev–Trinajstić information content (AvgIpc) is 3.76. The van der Waals surface area contributed by atoms with Crippen LogP contribution in [-0.2, 0) is 18.4 Å². The van der Waals surface area contributed by atoms with Gasteiger partial charge in [-0.3, -0.25) is 14.3 Å². The number of rotatable bonds is 9. The fourth-order valence-electron chi connectivity index (χ4n) is 4.93. The second-order valence-corrected chi connectivity index (χ2v) is 9.41. The maximum absolute atomic E-state index is 14.9. The summed E-state index contributed by atoms with van der Waals surface area (Å²) in [5, 5.41) is 17.7. The summed E-state index contributed by atoms with van der Waals surface area (Å²) in [7, 11) is 1.68. The van der Waals surface area contributed by atoms with Gasteiger partial charge in [-0.1, -0.05) is 5.21 Å². The Kier molecular flexibility index (Phi) is 6.08. The normalized spacial score (nSPS) is 16.4. The predicted octanol–water partition coefficient (Wildman–Crippen LogP) is 2.71. The van der Waals surface area contributed by atoms with Gasteiger partial charge in [-0.05, 0) is 75.5 Å². The molecule has 2 aliphatic rings. The van der Waals surface area contributed by atoms with E-state index < -0.39 is 12.0 Å². The minimum atomic E-state index is -0.740. The number of aryl methyl sites for hydroxylation is 3. The molecule has 11 heteroatoms. The molecular weight excluding hydrogens is 451 g/mol. The van der Waals surface area contributed by atoms with Crippen LogP contribution in [0.1, 0.15) is 48.8 Å². The molecule has 184 valence electrons. The van der Waals surface area contributed by atoms with Crippen LogP contribution in [0.3, 0.4) is 0 Å². The minimum absolute atomic E-state index is 0.0456. The molecule has 0 aromatic carbocycles. The number of halogens is 1. The minimum Gasteiger partial charge on any atom is -0.339 e. The third kappa shape index (κ3) is 4.67. The van der Waals surface area contributed by atoms with Crippen LogP contribution in [0.4, 0.5) is 10.2 Å². The zero-order valence-corrected chi connectivity index (χ0v) is 20.0. The standard InChI is InChI=1S/C24H29FN8O2/c1-4-33-17(11-12-26-33)23(34)29-20(19(14-5-6-14)15-7-8-15)24(35)28-18-10-9-16(22(25)27-18)21-13(2)30-31-32(21)3/h9-12,14-15,19-20H,4-8H2,1-3H3,(H,29,34)(H,27,28,35)/t20-/m0/s1. The Hall–Kier alpha value is -3.63. The van der Waals surface area contributed by atoms with E-state index in [-0.39, 0.29) is 29.1 Å². The van der Waals surface area contributed by atoms with E-state index >= 15 is 0 Å². The molecule has 2 aliphatic carbocycles. The Morgan fingerprint density at radius 1 is 1.17 bits per heavy atom. The van der Waals surface area contributed by atoms with Gasteiger partial charge in [0.05, 0.1) is 17.0 Å². The largest absolute Gasteiger partial charge is 0.339 e. The quantitative estimate of drug-likeness (QED) is 0.455. The van der Waals surface area contributed by atoms with Crippen molar-refractivity contribution >= 4 is 17.6 Å². The highest BCUT2D eigenvalue weighted by atomic mass is 19.1. The molecule has 0 spiro atoms. The smallest absolute Gasteiger partial charge is 0.270 e.